The van der Waals surface area contributed by atoms with Gasteiger partial charge >= 0.3 is 6.18 Å². The predicted molar refractivity (Wildman–Crippen MR) is 113 cm³/mol. The molecule has 7 nitrogen and oxygen atoms in total. The van der Waals surface area contributed by atoms with Crippen molar-refractivity contribution >= 4 is 10.0 Å². The van der Waals surface area contributed by atoms with Gasteiger partial charge in [0.05, 0.1) is 17.1 Å². The minimum absolute atomic E-state index is 0.0755. The van der Waals surface area contributed by atoms with Gasteiger partial charge in [-0.05, 0) is 30.3 Å². The normalized spacial score (nSPS) is 17.7. The van der Waals surface area contributed by atoms with E-state index in [1.54, 1.807) is 42.5 Å². The van der Waals surface area contributed by atoms with Crippen LogP contribution in [0, 0.1) is 0 Å². The van der Waals surface area contributed by atoms with Crippen molar-refractivity contribution in [2.45, 2.75) is 23.7 Å². The molecule has 0 radical (unpaired) electrons. The molecule has 3 heterocycles. The zero-order chi connectivity index (χ0) is 23.5. The van der Waals surface area contributed by atoms with Crippen molar-refractivity contribution in [1.29, 1.82) is 0 Å². The molecule has 0 amide bonds. The third kappa shape index (κ3) is 5.55. The Morgan fingerprint density at radius 2 is 1.88 bits per heavy atom. The number of hydrogen-bond donors (Lipinski definition) is 0. The number of nitrogens with zero attached hydrogens (tertiary/aromatic N) is 3. The number of morpholine rings is 1. The Morgan fingerprint density at radius 3 is 2.58 bits per heavy atom. The monoisotopic (exact) mass is 481 g/mol. The van der Waals surface area contributed by atoms with E-state index < -0.39 is 21.8 Å². The first kappa shape index (κ1) is 23.3. The summed E-state index contributed by atoms with van der Waals surface area (Å²) < 4.78 is 76.4. The van der Waals surface area contributed by atoms with E-state index in [4.69, 9.17) is 9.47 Å². The maximum absolute atomic E-state index is 13.0. The number of halogens is 3. The molecule has 3 aromatic rings. The van der Waals surface area contributed by atoms with E-state index in [9.17, 15) is 21.6 Å². The summed E-state index contributed by atoms with van der Waals surface area (Å²) in [6.45, 7) is 1.99. The second kappa shape index (κ2) is 9.54. The van der Waals surface area contributed by atoms with Crippen molar-refractivity contribution in [2.75, 3.05) is 26.3 Å². The van der Waals surface area contributed by atoms with Crippen molar-refractivity contribution in [1.82, 2.24) is 13.9 Å². The number of alkyl halides is 3. The first-order chi connectivity index (χ1) is 15.7. The SMILES string of the molecule is O=S(=O)(c1ccccc1)n1cccc1CN1CCOC(COc2ccc(C(F)(F)F)cn2)C1. The standard InChI is InChI=1S/C22H22F3N3O4S/c23-22(24,25)17-8-9-21(26-13-17)32-16-19-15-27(11-12-31-19)14-18-5-4-10-28(18)33(29,30)20-6-2-1-3-7-20/h1-10,13,19H,11-12,14-16H2. The first-order valence-corrected chi connectivity index (χ1v) is 11.6. The van der Waals surface area contributed by atoms with Crippen LogP contribution in [0.25, 0.3) is 0 Å². The third-order valence-electron chi connectivity index (χ3n) is 5.18. The highest BCUT2D eigenvalue weighted by Gasteiger charge is 2.31. The van der Waals surface area contributed by atoms with Crippen LogP contribution in [-0.4, -0.2) is 54.7 Å². The van der Waals surface area contributed by atoms with Crippen LogP contribution in [0.1, 0.15) is 11.3 Å². The first-order valence-electron chi connectivity index (χ1n) is 10.2. The van der Waals surface area contributed by atoms with Crippen LogP contribution in [0.5, 0.6) is 5.88 Å². The molecule has 0 bridgehead atoms. The Balaban J connectivity index is 1.37. The van der Waals surface area contributed by atoms with E-state index in [1.165, 1.54) is 16.2 Å². The van der Waals surface area contributed by atoms with Crippen LogP contribution in [0.2, 0.25) is 0 Å². The molecule has 1 unspecified atom stereocenters. The molecule has 176 valence electrons. The van der Waals surface area contributed by atoms with E-state index in [1.807, 2.05) is 4.90 Å². The van der Waals surface area contributed by atoms with Gasteiger partial charge in [-0.25, -0.2) is 17.4 Å². The van der Waals surface area contributed by atoms with Crippen molar-refractivity contribution in [3.8, 4) is 5.88 Å². The Kier molecular flexibility index (Phi) is 6.73. The van der Waals surface area contributed by atoms with Gasteiger partial charge < -0.3 is 9.47 Å². The third-order valence-corrected chi connectivity index (χ3v) is 6.92. The molecule has 33 heavy (non-hydrogen) atoms. The lowest BCUT2D eigenvalue weighted by atomic mass is 10.2. The topological polar surface area (TPSA) is 73.7 Å². The number of aromatic nitrogens is 2. The molecule has 11 heteroatoms. The molecule has 4 rings (SSSR count). The molecule has 0 aliphatic carbocycles. The molecule has 0 N–H and O–H groups in total. The molecule has 1 aliphatic rings. The quantitative estimate of drug-likeness (QED) is 0.515. The fourth-order valence-electron chi connectivity index (χ4n) is 3.53. The summed E-state index contributed by atoms with van der Waals surface area (Å²) in [6, 6.07) is 13.7. The predicted octanol–water partition coefficient (Wildman–Crippen LogP) is 3.42. The van der Waals surface area contributed by atoms with Gasteiger partial charge in [0.15, 0.2) is 0 Å². The van der Waals surface area contributed by atoms with Gasteiger partial charge in [0.2, 0.25) is 5.88 Å². The summed E-state index contributed by atoms with van der Waals surface area (Å²) >= 11 is 0. The smallest absolute Gasteiger partial charge is 0.417 e. The lowest BCUT2D eigenvalue weighted by Gasteiger charge is -2.32. The zero-order valence-corrected chi connectivity index (χ0v) is 18.3. The highest BCUT2D eigenvalue weighted by molar-refractivity contribution is 7.90. The largest absolute Gasteiger partial charge is 0.475 e. The summed E-state index contributed by atoms with van der Waals surface area (Å²) in [6.07, 6.45) is -2.54. The van der Waals surface area contributed by atoms with Crippen LogP contribution in [0.4, 0.5) is 13.2 Å². The Morgan fingerprint density at radius 1 is 1.09 bits per heavy atom. The van der Waals surface area contributed by atoms with Gasteiger partial charge in [-0.3, -0.25) is 4.90 Å². The molecule has 2 aromatic heterocycles. The van der Waals surface area contributed by atoms with Crippen LogP contribution >= 0.6 is 0 Å². The van der Waals surface area contributed by atoms with Gasteiger partial charge in [0.25, 0.3) is 10.0 Å². The molecule has 1 fully saturated rings. The van der Waals surface area contributed by atoms with Crippen LogP contribution in [-0.2, 0) is 27.5 Å². The maximum Gasteiger partial charge on any atom is 0.417 e. The highest BCUT2D eigenvalue weighted by Crippen LogP contribution is 2.29. The fourth-order valence-corrected chi connectivity index (χ4v) is 4.92. The Bertz CT molecular complexity index is 1170. The molecular formula is C22H22F3N3O4S. The second-order valence-corrected chi connectivity index (χ2v) is 9.35. The number of hydrogen-bond acceptors (Lipinski definition) is 6. The zero-order valence-electron chi connectivity index (χ0n) is 17.5. The minimum atomic E-state index is -4.45. The summed E-state index contributed by atoms with van der Waals surface area (Å²) in [5, 5.41) is 0. The molecule has 0 saturated carbocycles. The Hall–Kier alpha value is -2.89. The van der Waals surface area contributed by atoms with Crippen LogP contribution in [0.15, 0.2) is 71.9 Å². The lowest BCUT2D eigenvalue weighted by molar-refractivity contribution is -0.137. The molecule has 1 atom stereocenters. The van der Waals surface area contributed by atoms with E-state index in [0.29, 0.717) is 31.9 Å². The van der Waals surface area contributed by atoms with Crippen LogP contribution < -0.4 is 4.74 Å². The Labute approximate surface area is 189 Å². The van der Waals surface area contributed by atoms with Crippen molar-refractivity contribution in [3.05, 3.63) is 78.2 Å². The fraction of sp³-hybridized carbons (Fsp3) is 0.318. The summed E-state index contributed by atoms with van der Waals surface area (Å²) in [5.74, 6) is 0.0755. The van der Waals surface area contributed by atoms with E-state index in [0.717, 1.165) is 12.3 Å². The van der Waals surface area contributed by atoms with Gasteiger partial charge in [0.1, 0.15) is 12.7 Å². The average Bonchev–Trinajstić information content (AvgIpc) is 3.27. The van der Waals surface area contributed by atoms with Gasteiger partial charge in [-0.1, -0.05) is 18.2 Å². The molecule has 1 aromatic carbocycles. The van der Waals surface area contributed by atoms with Gasteiger partial charge in [-0.2, -0.15) is 13.2 Å². The van der Waals surface area contributed by atoms with Crippen molar-refractivity contribution in [2.24, 2.45) is 0 Å². The number of rotatable bonds is 7. The second-order valence-electron chi connectivity index (χ2n) is 7.54. The summed E-state index contributed by atoms with van der Waals surface area (Å²) in [4.78, 5) is 5.95. The summed E-state index contributed by atoms with van der Waals surface area (Å²) in [5.41, 5.74) is -0.228. The number of pyridine rings is 1. The lowest BCUT2D eigenvalue weighted by Crippen LogP contribution is -2.44. The van der Waals surface area contributed by atoms with Gasteiger partial charge in [0, 0.05) is 43.8 Å². The van der Waals surface area contributed by atoms with E-state index >= 15 is 0 Å². The maximum atomic E-state index is 13.0. The van der Waals surface area contributed by atoms with E-state index in [-0.39, 0.29) is 23.5 Å². The molecule has 1 aliphatic heterocycles. The minimum Gasteiger partial charge on any atom is -0.475 e. The van der Waals surface area contributed by atoms with Crippen molar-refractivity contribution < 1.29 is 31.1 Å². The highest BCUT2D eigenvalue weighted by atomic mass is 32.2. The summed E-state index contributed by atoms with van der Waals surface area (Å²) in [7, 11) is -3.71. The van der Waals surface area contributed by atoms with Crippen LogP contribution in [0.3, 0.4) is 0 Å². The van der Waals surface area contributed by atoms with E-state index in [2.05, 4.69) is 4.98 Å². The average molecular weight is 481 g/mol. The number of benzene rings is 1. The molecule has 0 spiro atoms. The van der Waals surface area contributed by atoms with Crippen molar-refractivity contribution in [3.63, 3.8) is 0 Å². The molecular weight excluding hydrogens is 459 g/mol. The molecule has 1 saturated heterocycles. The number of ether oxygens (including phenoxy) is 2. The van der Waals surface area contributed by atoms with Gasteiger partial charge in [-0.15, -0.1) is 0 Å².